The van der Waals surface area contributed by atoms with E-state index in [2.05, 4.69) is 99.0 Å². The Morgan fingerprint density at radius 1 is 0.379 bits per heavy atom. The van der Waals surface area contributed by atoms with Crippen molar-refractivity contribution < 1.29 is 91.7 Å². The molecule has 6 aromatic rings. The van der Waals surface area contributed by atoms with Crippen molar-refractivity contribution in [1.82, 2.24) is 73.8 Å². The van der Waals surface area contributed by atoms with Crippen molar-refractivity contribution in [2.45, 2.75) is 177 Å². The molecule has 0 radical (unpaired) electrons. The van der Waals surface area contributed by atoms with Gasteiger partial charge in [0.05, 0.1) is 19.1 Å². The number of hydrogen-bond acceptors (Lipinski definition) is 20. The number of para-hydroxylation sites is 2. The van der Waals surface area contributed by atoms with E-state index in [-0.39, 0.29) is 43.8 Å². The number of primary amides is 4. The Kier molecular flexibility index (Phi) is 36.3. The zero-order valence-electron chi connectivity index (χ0n) is 64.1. The van der Waals surface area contributed by atoms with E-state index in [0.29, 0.717) is 38.5 Å². The van der Waals surface area contributed by atoms with Gasteiger partial charge < -0.3 is 107 Å². The van der Waals surface area contributed by atoms with E-state index < -0.39 is 230 Å². The van der Waals surface area contributed by atoms with E-state index >= 15 is 9.59 Å². The zero-order valence-corrected chi connectivity index (χ0v) is 65.9. The van der Waals surface area contributed by atoms with Crippen molar-refractivity contribution in [1.29, 1.82) is 0 Å². The van der Waals surface area contributed by atoms with Crippen molar-refractivity contribution in [2.75, 3.05) is 18.1 Å². The van der Waals surface area contributed by atoms with Gasteiger partial charge in [-0.2, -0.15) is 25.3 Å². The minimum atomic E-state index is -1.91. The number of fused-ring (bicyclic) bond motifs is 2. The lowest BCUT2D eigenvalue weighted by Gasteiger charge is -2.29. The van der Waals surface area contributed by atoms with Gasteiger partial charge >= 0.3 is 5.97 Å². The summed E-state index contributed by atoms with van der Waals surface area (Å²) in [6.45, 7) is 5.17. The summed E-state index contributed by atoms with van der Waals surface area (Å²) in [4.78, 5) is 237. The number of carbonyl (C=O) groups is 17. The number of carboxylic acid groups (broad SMARTS) is 1. The average molecular weight is 1650 g/mol. The first kappa shape index (κ1) is 92.5. The maximum atomic E-state index is 15.4. The Morgan fingerprint density at radius 2 is 0.750 bits per heavy atom. The van der Waals surface area contributed by atoms with E-state index in [9.17, 15) is 82.1 Å². The summed E-state index contributed by atoms with van der Waals surface area (Å²) >= 11 is 8.51. The monoisotopic (exact) mass is 1640 g/mol. The van der Waals surface area contributed by atoms with Crippen LogP contribution < -0.4 is 86.7 Å². The molecule has 0 saturated carbocycles. The molecule has 12 atom stereocenters. The molecule has 4 aromatic carbocycles. The summed E-state index contributed by atoms with van der Waals surface area (Å²) < 4.78 is 0. The quantitative estimate of drug-likeness (QED) is 0.0172. The molecule has 116 heavy (non-hydrogen) atoms. The molecule has 0 saturated heterocycles. The number of aliphatic hydroxyl groups excluding tert-OH is 1. The van der Waals surface area contributed by atoms with Gasteiger partial charge in [0.25, 0.3) is 0 Å². The minimum Gasteiger partial charge on any atom is -0.481 e. The molecule has 0 unspecified atom stereocenters. The highest BCUT2D eigenvalue weighted by Gasteiger charge is 2.39. The van der Waals surface area contributed by atoms with Gasteiger partial charge in [0.2, 0.25) is 94.5 Å². The molecule has 39 heteroatoms. The Bertz CT molecular complexity index is 4520. The van der Waals surface area contributed by atoms with Crippen LogP contribution in [-0.4, -0.2) is 211 Å². The van der Waals surface area contributed by atoms with Crippen LogP contribution in [0.5, 0.6) is 0 Å². The predicted octanol–water partition coefficient (Wildman–Crippen LogP) is -2.75. The van der Waals surface area contributed by atoms with Crippen LogP contribution in [0.4, 0.5) is 0 Å². The first-order chi connectivity index (χ1) is 55.0. The minimum absolute atomic E-state index is 0.124. The number of carbonyl (C=O) groups excluding carboxylic acids is 16. The fourth-order valence-electron chi connectivity index (χ4n) is 12.2. The third-order valence-corrected chi connectivity index (χ3v) is 19.1. The molecule has 624 valence electrons. The summed E-state index contributed by atoms with van der Waals surface area (Å²) in [5.41, 5.74) is 25.7. The number of aromatic nitrogens is 2. The molecule has 2 aromatic heterocycles. The van der Waals surface area contributed by atoms with Crippen LogP contribution in [-0.2, 0) is 101 Å². The number of carboxylic acids is 1. The number of rotatable bonds is 48. The molecule has 0 fully saturated rings. The molecule has 2 heterocycles. The molecule has 0 bridgehead atoms. The van der Waals surface area contributed by atoms with Crippen LogP contribution in [0, 0.1) is 5.92 Å². The standard InChI is InChI=1S/C77H100N18O19S2/c1-39(2)18-23-51(68(105)86-54(26-29-65(102)103)69(106)92-58(33-63(80)100)67(104)84-36-64(81)101)87-73(110)56(31-45-34-82-49-16-10-8-14-47(45)49)91-72(109)55(30-42-19-21-44(22-20-42)43-12-6-5-7-13-43)90-76(113)60(38-116)94-70(107)52(24-27-61(78)98)88-74(111)57(32-46-35-83-50-17-11-9-15-48(46)50)93-77(114)66(40(3)96)95-71(108)53(25-28-62(79)99)89-75(112)59(37-115)85-41(4)97/h5-17,19-22,34-35,39-40,51-60,66,82-83,96,115-116H,18,23-33,36-38H2,1-4H3,(H2,78,98)(H2,79,99)(H2,80,100)(H2,81,101)(H,84,104)(H,85,97)(H,86,105)(H,87,110)(H,88,111)(H,89,112)(H,90,113)(H,91,109)(H,92,106)(H,93,114)(H,94,107)(H,95,108)(H,102,103)/t40-,51+,52+,53+,54+,55+,56+,57+,58+,59+,60+,66+/m1/s1. The molecule has 0 spiro atoms. The van der Waals surface area contributed by atoms with Crippen molar-refractivity contribution in [3.63, 3.8) is 0 Å². The maximum Gasteiger partial charge on any atom is 0.303 e. The number of aliphatic hydroxyl groups is 1. The Hall–Kier alpha value is -12.4. The van der Waals surface area contributed by atoms with Gasteiger partial charge in [-0.15, -0.1) is 0 Å². The molecule has 0 aliphatic rings. The third-order valence-electron chi connectivity index (χ3n) is 18.4. The predicted molar refractivity (Wildman–Crippen MR) is 430 cm³/mol. The van der Waals surface area contributed by atoms with Gasteiger partial charge in [-0.3, -0.25) is 81.5 Å². The summed E-state index contributed by atoms with van der Waals surface area (Å²) in [5, 5.41) is 51.7. The van der Waals surface area contributed by atoms with Crippen LogP contribution in [0.15, 0.2) is 116 Å². The molecular formula is C77H100N18O19S2. The number of nitrogens with one attached hydrogen (secondary N) is 14. The van der Waals surface area contributed by atoms with Gasteiger partial charge in [0.1, 0.15) is 66.5 Å². The molecule has 0 aliphatic carbocycles. The van der Waals surface area contributed by atoms with Crippen LogP contribution in [0.2, 0.25) is 0 Å². The number of nitrogens with two attached hydrogens (primary N) is 4. The van der Waals surface area contributed by atoms with Crippen LogP contribution in [0.25, 0.3) is 32.9 Å². The molecule has 6 rings (SSSR count). The lowest BCUT2D eigenvalue weighted by molar-refractivity contribution is -0.139. The molecule has 0 aliphatic heterocycles. The summed E-state index contributed by atoms with van der Waals surface area (Å²) in [7, 11) is 0. The van der Waals surface area contributed by atoms with Crippen molar-refractivity contribution in [3.8, 4) is 11.1 Å². The van der Waals surface area contributed by atoms with Gasteiger partial charge in [0, 0.05) is 91.2 Å². The second-order valence-corrected chi connectivity index (χ2v) is 28.8. The van der Waals surface area contributed by atoms with Crippen LogP contribution >= 0.6 is 25.3 Å². The van der Waals surface area contributed by atoms with E-state index in [1.807, 2.05) is 44.2 Å². The van der Waals surface area contributed by atoms with E-state index in [4.69, 9.17) is 22.9 Å². The highest BCUT2D eigenvalue weighted by molar-refractivity contribution is 7.80. The second kappa shape index (κ2) is 45.5. The first-order valence-corrected chi connectivity index (χ1v) is 38.4. The smallest absolute Gasteiger partial charge is 0.303 e. The summed E-state index contributed by atoms with van der Waals surface area (Å²) in [6.07, 6.45) is -3.57. The summed E-state index contributed by atoms with van der Waals surface area (Å²) in [6, 6.07) is 11.7. The van der Waals surface area contributed by atoms with Crippen LogP contribution in [0.3, 0.4) is 0 Å². The number of amides is 16. The number of H-pyrrole nitrogens is 2. The molecule has 24 N–H and O–H groups in total. The van der Waals surface area contributed by atoms with E-state index in [1.165, 1.54) is 6.20 Å². The highest BCUT2D eigenvalue weighted by atomic mass is 32.1. The normalized spacial score (nSPS) is 14.2. The SMILES string of the molecule is CC(=O)N[C@@H](CS)C(=O)N[C@@H](CCC(N)=O)C(=O)N[C@H](C(=O)N[C@@H](Cc1c[nH]c2ccccc12)C(=O)N[C@@H](CCC(N)=O)C(=O)N[C@@H](CS)C(=O)N[C@@H](Cc1ccc(-c2ccccc2)cc1)C(=O)N[C@@H](Cc1c[nH]c2ccccc12)C(=O)N[C@@H](CCC(C)C)C(=O)N[C@@H](CCC(=O)O)C(=O)N[C@@H](CC(N)=O)C(=O)NCC(N)=O)[C@@H](C)O. The Morgan fingerprint density at radius 3 is 1.17 bits per heavy atom. The van der Waals surface area contributed by atoms with E-state index in [0.717, 1.165) is 25.0 Å². The largest absolute Gasteiger partial charge is 0.481 e. The van der Waals surface area contributed by atoms with Crippen LogP contribution in [0.1, 0.15) is 102 Å². The third kappa shape index (κ3) is 29.5. The zero-order chi connectivity index (χ0) is 85.5. The molecule has 16 amide bonds. The van der Waals surface area contributed by atoms with Crippen molar-refractivity contribution in [2.24, 2.45) is 28.9 Å². The number of benzene rings is 4. The Labute approximate surface area is 677 Å². The fraction of sp³-hybridized carbons (Fsp3) is 0.416. The van der Waals surface area contributed by atoms with Gasteiger partial charge in [-0.25, -0.2) is 0 Å². The topological polar surface area (TPSA) is 611 Å². The second-order valence-electron chi connectivity index (χ2n) is 28.1. The molecular weight excluding hydrogens is 1550 g/mol. The van der Waals surface area contributed by atoms with E-state index in [1.54, 1.807) is 79.0 Å². The maximum absolute atomic E-state index is 15.4. The van der Waals surface area contributed by atoms with Gasteiger partial charge in [0.15, 0.2) is 0 Å². The molecule has 37 nitrogen and oxygen atoms in total. The lowest BCUT2D eigenvalue weighted by Crippen LogP contribution is -2.62. The Balaban J connectivity index is 1.33. The highest BCUT2D eigenvalue weighted by Crippen LogP contribution is 2.24. The number of hydrogen-bond donors (Lipinski definition) is 22. The first-order valence-electron chi connectivity index (χ1n) is 37.1. The van der Waals surface area contributed by atoms with Gasteiger partial charge in [-0.05, 0) is 84.9 Å². The number of aliphatic carboxylic acids is 1. The van der Waals surface area contributed by atoms with Crippen molar-refractivity contribution in [3.05, 3.63) is 132 Å². The number of thiol groups is 2. The number of aromatic amines is 2. The van der Waals surface area contributed by atoms with Crippen molar-refractivity contribution >= 4 is 148 Å². The lowest BCUT2D eigenvalue weighted by atomic mass is 9.98. The van der Waals surface area contributed by atoms with Gasteiger partial charge in [-0.1, -0.05) is 105 Å². The fourth-order valence-corrected chi connectivity index (χ4v) is 12.7. The average Bonchev–Trinajstić information content (AvgIpc) is 1.66. The summed E-state index contributed by atoms with van der Waals surface area (Å²) in [5.74, 6) is -18.5.